The number of piperidine rings is 1. The Morgan fingerprint density at radius 3 is 2.92 bits per heavy atom. The van der Waals surface area contributed by atoms with E-state index in [-0.39, 0.29) is 30.9 Å². The average molecular weight is 365 g/mol. The van der Waals surface area contributed by atoms with E-state index < -0.39 is 6.10 Å². The predicted octanol–water partition coefficient (Wildman–Crippen LogP) is 1.97. The second kappa shape index (κ2) is 7.90. The average Bonchev–Trinajstić information content (AvgIpc) is 3.06. The second-order valence-electron chi connectivity index (χ2n) is 5.92. The van der Waals surface area contributed by atoms with Gasteiger partial charge in [0, 0.05) is 31.1 Å². The van der Waals surface area contributed by atoms with Gasteiger partial charge in [0.2, 0.25) is 5.91 Å². The minimum absolute atomic E-state index is 0.0261. The minimum Gasteiger partial charge on any atom is -0.389 e. The lowest BCUT2D eigenvalue weighted by molar-refractivity contribution is -0.138. The molecule has 1 aromatic carbocycles. The molecule has 2 aromatic rings. The van der Waals surface area contributed by atoms with Crippen LogP contribution in [0.25, 0.3) is 11.3 Å². The quantitative estimate of drug-likeness (QED) is 0.847. The van der Waals surface area contributed by atoms with Crippen LogP contribution in [-0.4, -0.2) is 59.8 Å². The first-order chi connectivity index (χ1) is 12.1. The van der Waals surface area contributed by atoms with Crippen molar-refractivity contribution in [1.82, 2.24) is 9.88 Å². The number of aliphatic hydroxyl groups excluding tert-OH is 1. The molecular weight excluding hydrogens is 345 g/mol. The highest BCUT2D eigenvalue weighted by Crippen LogP contribution is 2.27. The van der Waals surface area contributed by atoms with Crippen molar-refractivity contribution < 1.29 is 19.0 Å². The summed E-state index contributed by atoms with van der Waals surface area (Å²) in [5.41, 5.74) is 1.60. The molecule has 1 fully saturated rings. The number of likely N-dealkylation sites (tertiary alicyclic amines) is 1. The van der Waals surface area contributed by atoms with Crippen LogP contribution in [0.3, 0.4) is 0 Å². The molecular formula is C17H20FN3O3S. The molecule has 0 radical (unpaired) electrons. The van der Waals surface area contributed by atoms with Crippen LogP contribution >= 0.6 is 11.3 Å². The Morgan fingerprint density at radius 1 is 1.48 bits per heavy atom. The topological polar surface area (TPSA) is 74.7 Å². The van der Waals surface area contributed by atoms with Gasteiger partial charge in [-0.1, -0.05) is 0 Å². The third-order valence-corrected chi connectivity index (χ3v) is 4.93. The minimum atomic E-state index is -0.673. The van der Waals surface area contributed by atoms with Gasteiger partial charge in [-0.2, -0.15) is 0 Å². The Bertz CT molecular complexity index is 722. The number of rotatable bonds is 5. The number of nitrogens with one attached hydrogen (secondary N) is 1. The van der Waals surface area contributed by atoms with Crippen molar-refractivity contribution in [3.63, 3.8) is 0 Å². The zero-order valence-electron chi connectivity index (χ0n) is 13.8. The number of carbonyl (C=O) groups excluding carboxylic acids is 1. The summed E-state index contributed by atoms with van der Waals surface area (Å²) < 4.78 is 17.8. The summed E-state index contributed by atoms with van der Waals surface area (Å²) in [7, 11) is 1.48. The van der Waals surface area contributed by atoms with Gasteiger partial charge in [-0.25, -0.2) is 9.37 Å². The summed E-state index contributed by atoms with van der Waals surface area (Å²) in [6, 6.07) is 6.00. The summed E-state index contributed by atoms with van der Waals surface area (Å²) in [5.74, 6) is -0.400. The molecule has 0 saturated carbocycles. The maximum Gasteiger partial charge on any atom is 0.248 e. The van der Waals surface area contributed by atoms with Crippen LogP contribution in [0.5, 0.6) is 0 Å². The fourth-order valence-electron chi connectivity index (χ4n) is 2.79. The Morgan fingerprint density at radius 2 is 2.24 bits per heavy atom. The number of hydrogen-bond donors (Lipinski definition) is 2. The fourth-order valence-corrected chi connectivity index (χ4v) is 3.58. The summed E-state index contributed by atoms with van der Waals surface area (Å²) in [6.45, 7) is 0.863. The Labute approximate surface area is 149 Å². The number of methoxy groups -OCH3 is 1. The van der Waals surface area contributed by atoms with Crippen molar-refractivity contribution in [3.8, 4) is 11.3 Å². The number of aromatic nitrogens is 1. The van der Waals surface area contributed by atoms with Crippen molar-refractivity contribution in [2.75, 3.05) is 32.1 Å². The summed E-state index contributed by atoms with van der Waals surface area (Å²) in [6.07, 6.45) is -0.0463. The van der Waals surface area contributed by atoms with E-state index in [9.17, 15) is 14.3 Å². The van der Waals surface area contributed by atoms with Crippen molar-refractivity contribution in [3.05, 3.63) is 35.5 Å². The van der Waals surface area contributed by atoms with Gasteiger partial charge in [0.05, 0.1) is 17.8 Å². The van der Waals surface area contributed by atoms with Gasteiger partial charge in [0.25, 0.3) is 0 Å². The first-order valence-corrected chi connectivity index (χ1v) is 8.87. The largest absolute Gasteiger partial charge is 0.389 e. The molecule has 1 aliphatic heterocycles. The van der Waals surface area contributed by atoms with Crippen molar-refractivity contribution in [2.24, 2.45) is 0 Å². The first-order valence-electron chi connectivity index (χ1n) is 7.99. The lowest BCUT2D eigenvalue weighted by Crippen LogP contribution is -2.52. The number of aliphatic hydroxyl groups is 1. The zero-order valence-corrected chi connectivity index (χ0v) is 14.6. The summed E-state index contributed by atoms with van der Waals surface area (Å²) >= 11 is 1.43. The summed E-state index contributed by atoms with van der Waals surface area (Å²) in [5, 5.41) is 16.1. The van der Waals surface area contributed by atoms with Crippen LogP contribution in [0, 0.1) is 5.82 Å². The van der Waals surface area contributed by atoms with E-state index in [0.29, 0.717) is 18.1 Å². The van der Waals surface area contributed by atoms with Crippen LogP contribution in [0.2, 0.25) is 0 Å². The number of anilines is 1. The third-order valence-electron chi connectivity index (χ3n) is 4.16. The molecule has 3 rings (SSSR count). The van der Waals surface area contributed by atoms with Crippen LogP contribution in [-0.2, 0) is 9.53 Å². The highest BCUT2D eigenvalue weighted by atomic mass is 32.1. The van der Waals surface area contributed by atoms with Gasteiger partial charge < -0.3 is 20.1 Å². The lowest BCUT2D eigenvalue weighted by atomic mass is 10.0. The van der Waals surface area contributed by atoms with E-state index >= 15 is 0 Å². The number of amides is 1. The normalized spacial score (nSPS) is 20.5. The zero-order chi connectivity index (χ0) is 17.8. The molecule has 0 aliphatic carbocycles. The Balaban J connectivity index is 1.60. The van der Waals surface area contributed by atoms with E-state index in [4.69, 9.17) is 4.74 Å². The molecule has 1 amide bonds. The number of nitrogens with zero attached hydrogens (tertiary/aromatic N) is 2. The molecule has 134 valence electrons. The van der Waals surface area contributed by atoms with Gasteiger partial charge in [0.15, 0.2) is 5.13 Å². The van der Waals surface area contributed by atoms with E-state index in [1.165, 1.54) is 30.6 Å². The number of carbonyl (C=O) groups is 1. The van der Waals surface area contributed by atoms with Crippen LogP contribution < -0.4 is 5.32 Å². The van der Waals surface area contributed by atoms with Crippen molar-refractivity contribution in [1.29, 1.82) is 0 Å². The monoisotopic (exact) mass is 365 g/mol. The van der Waals surface area contributed by atoms with Crippen LogP contribution in [0.15, 0.2) is 29.6 Å². The smallest absolute Gasteiger partial charge is 0.248 e. The fraction of sp³-hybridized carbons (Fsp3) is 0.412. The first kappa shape index (κ1) is 17.8. The molecule has 2 atom stereocenters. The molecule has 2 N–H and O–H groups in total. The van der Waals surface area contributed by atoms with Gasteiger partial charge in [-0.3, -0.25) is 4.79 Å². The highest BCUT2D eigenvalue weighted by molar-refractivity contribution is 7.14. The lowest BCUT2D eigenvalue weighted by Gasteiger charge is -2.36. The molecule has 2 heterocycles. The van der Waals surface area contributed by atoms with E-state index in [1.807, 2.05) is 5.38 Å². The van der Waals surface area contributed by atoms with Gasteiger partial charge in [-0.05, 0) is 30.7 Å². The number of ether oxygens (including phenoxy) is 1. The molecule has 1 aromatic heterocycles. The number of β-amino-alcohol motifs (C(OH)–C–C–N with tert-alkyl or cyclic N) is 1. The molecule has 1 saturated heterocycles. The second-order valence-corrected chi connectivity index (χ2v) is 6.78. The standard InChI is InChI=1S/C17H20FN3O3S/c1-24-9-16(23)21-7-6-13(15(22)8-21)19-17-20-14(10-25-17)11-2-4-12(18)5-3-11/h2-5,10,13,15,22H,6-9H2,1H3,(H,19,20)/t13-,15-/m1/s1. The van der Waals surface area contributed by atoms with E-state index in [1.54, 1.807) is 17.0 Å². The molecule has 0 unspecified atom stereocenters. The molecule has 1 aliphatic rings. The predicted molar refractivity (Wildman–Crippen MR) is 94.0 cm³/mol. The van der Waals surface area contributed by atoms with Crippen molar-refractivity contribution >= 4 is 22.4 Å². The van der Waals surface area contributed by atoms with Gasteiger partial charge >= 0.3 is 0 Å². The maximum atomic E-state index is 13.0. The Hall–Kier alpha value is -2.03. The number of halogens is 1. The highest BCUT2D eigenvalue weighted by Gasteiger charge is 2.30. The third kappa shape index (κ3) is 4.33. The molecule has 0 bridgehead atoms. The van der Waals surface area contributed by atoms with E-state index in [2.05, 4.69) is 10.3 Å². The van der Waals surface area contributed by atoms with Crippen molar-refractivity contribution in [2.45, 2.75) is 18.6 Å². The molecule has 0 spiro atoms. The number of benzene rings is 1. The van der Waals surface area contributed by atoms with E-state index in [0.717, 1.165) is 11.3 Å². The van der Waals surface area contributed by atoms with Gasteiger partial charge in [-0.15, -0.1) is 11.3 Å². The molecule has 8 heteroatoms. The molecule has 6 nitrogen and oxygen atoms in total. The number of hydrogen-bond acceptors (Lipinski definition) is 6. The van der Waals surface area contributed by atoms with Crippen LogP contribution in [0.4, 0.5) is 9.52 Å². The Kier molecular flexibility index (Phi) is 5.62. The molecule has 25 heavy (non-hydrogen) atoms. The number of thiazole rings is 1. The SMILES string of the molecule is COCC(=O)N1CC[C@@H](Nc2nc(-c3ccc(F)cc3)cs2)[C@H](O)C1. The summed E-state index contributed by atoms with van der Waals surface area (Å²) in [4.78, 5) is 17.9. The maximum absolute atomic E-state index is 13.0. The van der Waals surface area contributed by atoms with Crippen LogP contribution in [0.1, 0.15) is 6.42 Å². The van der Waals surface area contributed by atoms with Gasteiger partial charge in [0.1, 0.15) is 12.4 Å².